The fourth-order valence-corrected chi connectivity index (χ4v) is 11.3. The van der Waals surface area contributed by atoms with Gasteiger partial charge in [-0.3, -0.25) is 18.6 Å². The molecule has 11 atom stereocenters. The third-order valence-corrected chi connectivity index (χ3v) is 14.1. The molecule has 7 N–H and O–H groups in total. The molecule has 0 aliphatic heterocycles. The van der Waals surface area contributed by atoms with Gasteiger partial charge in [0.2, 0.25) is 0 Å². The molecule has 4 rings (SSSR count). The van der Waals surface area contributed by atoms with E-state index in [1.165, 1.54) is 32.1 Å². The lowest BCUT2D eigenvalue weighted by Gasteiger charge is -2.62. The van der Waals surface area contributed by atoms with Gasteiger partial charge in [-0.1, -0.05) is 25.5 Å². The van der Waals surface area contributed by atoms with Crippen LogP contribution in [0.4, 0.5) is 4.39 Å². The number of hydrogen-bond donors (Lipinski definition) is 6. The third kappa shape index (κ3) is 5.78. The maximum atomic E-state index is 17.2. The Morgan fingerprint density at radius 1 is 1.09 bits per heavy atom. The van der Waals surface area contributed by atoms with Crippen LogP contribution in [-0.2, 0) is 41.0 Å². The minimum Gasteiger partial charge on any atom is -0.390 e. The molecule has 0 radical (unpaired) electrons. The summed E-state index contributed by atoms with van der Waals surface area (Å²) in [6.45, 7) is 2.52. The van der Waals surface area contributed by atoms with Crippen LogP contribution in [0.25, 0.3) is 0 Å². The molecule has 0 amide bonds. The number of halogens is 1. The van der Waals surface area contributed by atoms with Gasteiger partial charge in [0.15, 0.2) is 17.2 Å². The van der Waals surface area contributed by atoms with E-state index in [4.69, 9.17) is 5.73 Å². The van der Waals surface area contributed by atoms with Gasteiger partial charge in [0.25, 0.3) is 0 Å². The largest absolute Gasteiger partial charge is 0.490 e. The number of nitrogens with two attached hydrogens (primary N) is 1. The number of aliphatic hydroxyl groups is 2. The standard InChI is InChI=1S/C24H37FNO14P3/c1-14-10-18-17-5-4-15-11-16(27)6-7-21(15,2)23(17,25)19(28)12-22(18,3)24(14,30)20(29)13-38-42(33,34)40-43(35,36)39-41(31,32)37-9-8-26/h6-7,11,14,17-19,28,30H,4-5,8-10,12-13,26H2,1-3H3,(H,31,32)(H,33,34)(H,35,36)/t14-,17+,18+,19+,21+,22+,23+,24+/m1/s1. The summed E-state index contributed by atoms with van der Waals surface area (Å²) >= 11 is 0. The molecule has 0 bridgehead atoms. The van der Waals surface area contributed by atoms with E-state index in [9.17, 15) is 48.2 Å². The first-order valence-corrected chi connectivity index (χ1v) is 18.0. The number of Topliss-reactive ketones (excluding diaryl/α,β-unsaturated/α-hetero) is 1. The van der Waals surface area contributed by atoms with E-state index >= 15 is 4.39 Å². The first-order chi connectivity index (χ1) is 19.6. The molecule has 19 heteroatoms. The topological polar surface area (TPSA) is 249 Å². The van der Waals surface area contributed by atoms with Crippen molar-refractivity contribution in [2.24, 2.45) is 34.3 Å². The number of carbonyl (C=O) groups excluding carboxylic acids is 2. The summed E-state index contributed by atoms with van der Waals surface area (Å²) in [4.78, 5) is 54.5. The molecule has 244 valence electrons. The number of alkyl halides is 1. The number of fused-ring (bicyclic) bond motifs is 5. The Hall–Kier alpha value is -0.960. The molecule has 0 saturated heterocycles. The van der Waals surface area contributed by atoms with E-state index in [-0.39, 0.29) is 31.6 Å². The predicted molar refractivity (Wildman–Crippen MR) is 145 cm³/mol. The smallest absolute Gasteiger partial charge is 0.390 e. The molecule has 0 aromatic rings. The molecular weight excluding hydrogens is 638 g/mol. The maximum absolute atomic E-state index is 17.2. The summed E-state index contributed by atoms with van der Waals surface area (Å²) in [5.41, 5.74) is -1.60. The van der Waals surface area contributed by atoms with Crippen molar-refractivity contribution in [3.8, 4) is 0 Å². The zero-order chi connectivity index (χ0) is 32.4. The summed E-state index contributed by atoms with van der Waals surface area (Å²) in [6, 6.07) is 0. The molecule has 0 heterocycles. The predicted octanol–water partition coefficient (Wildman–Crippen LogP) is 2.23. The van der Waals surface area contributed by atoms with Crippen LogP contribution in [-0.4, -0.2) is 73.6 Å². The van der Waals surface area contributed by atoms with Crippen LogP contribution in [0.5, 0.6) is 0 Å². The van der Waals surface area contributed by atoms with Crippen molar-refractivity contribution in [3.05, 3.63) is 23.8 Å². The van der Waals surface area contributed by atoms with E-state index in [1.54, 1.807) is 6.92 Å². The van der Waals surface area contributed by atoms with Crippen molar-refractivity contribution in [1.29, 1.82) is 0 Å². The van der Waals surface area contributed by atoms with Crippen LogP contribution < -0.4 is 5.73 Å². The Morgan fingerprint density at radius 3 is 2.30 bits per heavy atom. The van der Waals surface area contributed by atoms with E-state index in [0.717, 1.165) is 0 Å². The number of ketones is 2. The highest BCUT2D eigenvalue weighted by Crippen LogP contribution is 2.71. The van der Waals surface area contributed by atoms with Crippen molar-refractivity contribution < 1.29 is 70.2 Å². The molecule has 4 aliphatic carbocycles. The van der Waals surface area contributed by atoms with Gasteiger partial charge < -0.3 is 30.6 Å². The Kier molecular flexibility index (Phi) is 9.24. The lowest BCUT2D eigenvalue weighted by molar-refractivity contribution is -0.219. The second-order valence-electron chi connectivity index (χ2n) is 12.1. The second kappa shape index (κ2) is 11.4. The van der Waals surface area contributed by atoms with Crippen molar-refractivity contribution in [2.45, 2.75) is 63.8 Å². The molecular formula is C24H37FNO14P3. The Balaban J connectivity index is 1.53. The van der Waals surface area contributed by atoms with Crippen LogP contribution in [0.2, 0.25) is 0 Å². The number of allylic oxidation sites excluding steroid dienone is 4. The van der Waals surface area contributed by atoms with Gasteiger partial charge in [0, 0.05) is 23.3 Å². The van der Waals surface area contributed by atoms with Crippen molar-refractivity contribution in [2.75, 3.05) is 19.8 Å². The van der Waals surface area contributed by atoms with Crippen LogP contribution in [0.15, 0.2) is 23.8 Å². The fraction of sp³-hybridized carbons (Fsp3) is 0.750. The van der Waals surface area contributed by atoms with E-state index in [2.05, 4.69) is 17.7 Å². The average molecular weight is 675 g/mol. The lowest BCUT2D eigenvalue weighted by Crippen LogP contribution is -2.69. The van der Waals surface area contributed by atoms with Crippen LogP contribution >= 0.6 is 23.5 Å². The highest BCUT2D eigenvalue weighted by atomic mass is 31.3. The summed E-state index contributed by atoms with van der Waals surface area (Å²) < 4.78 is 70.1. The minimum absolute atomic E-state index is 0.154. The van der Waals surface area contributed by atoms with Crippen LogP contribution in [0.1, 0.15) is 46.5 Å². The Labute approximate surface area is 247 Å². The highest BCUT2D eigenvalue weighted by molar-refractivity contribution is 7.66. The van der Waals surface area contributed by atoms with E-state index < -0.39 is 88.4 Å². The van der Waals surface area contributed by atoms with Crippen molar-refractivity contribution >= 4 is 35.0 Å². The normalized spacial score (nSPS) is 42.9. The summed E-state index contributed by atoms with van der Waals surface area (Å²) in [5, 5.41) is 23.3. The van der Waals surface area contributed by atoms with Gasteiger partial charge in [-0.2, -0.15) is 8.62 Å². The first kappa shape index (κ1) is 34.9. The number of aliphatic hydroxyl groups excluding tert-OH is 1. The fourth-order valence-electron chi connectivity index (χ4n) is 7.88. The van der Waals surface area contributed by atoms with Gasteiger partial charge in [-0.05, 0) is 56.6 Å². The zero-order valence-corrected chi connectivity index (χ0v) is 26.4. The van der Waals surface area contributed by atoms with E-state index in [1.807, 2.05) is 0 Å². The monoisotopic (exact) mass is 675 g/mol. The Morgan fingerprint density at radius 2 is 1.70 bits per heavy atom. The summed E-state index contributed by atoms with van der Waals surface area (Å²) in [5.74, 6) is -3.72. The van der Waals surface area contributed by atoms with E-state index in [0.29, 0.717) is 12.0 Å². The Bertz CT molecular complexity index is 1390. The molecule has 0 aromatic carbocycles. The molecule has 3 fully saturated rings. The quantitative estimate of drug-likeness (QED) is 0.172. The number of phosphoric ester groups is 2. The van der Waals surface area contributed by atoms with Gasteiger partial charge >= 0.3 is 23.5 Å². The molecule has 15 nitrogen and oxygen atoms in total. The van der Waals surface area contributed by atoms with Gasteiger partial charge in [-0.15, -0.1) is 0 Å². The minimum atomic E-state index is -5.78. The number of phosphoric acid groups is 3. The van der Waals surface area contributed by atoms with Gasteiger partial charge in [-0.25, -0.2) is 18.1 Å². The number of carbonyl (C=O) groups is 2. The summed E-state index contributed by atoms with van der Waals surface area (Å²) in [6.07, 6.45) is 2.82. The molecule has 3 saturated carbocycles. The van der Waals surface area contributed by atoms with Crippen LogP contribution in [0, 0.1) is 28.6 Å². The number of rotatable bonds is 11. The maximum Gasteiger partial charge on any atom is 0.490 e. The highest BCUT2D eigenvalue weighted by Gasteiger charge is 2.75. The number of hydrogen-bond acceptors (Lipinski definition) is 12. The van der Waals surface area contributed by atoms with Crippen molar-refractivity contribution in [3.63, 3.8) is 0 Å². The van der Waals surface area contributed by atoms with Crippen molar-refractivity contribution in [1.82, 2.24) is 0 Å². The molecule has 4 aliphatic rings. The average Bonchev–Trinajstić information content (AvgIpc) is 3.07. The van der Waals surface area contributed by atoms with Crippen LogP contribution in [0.3, 0.4) is 0 Å². The molecule has 0 aromatic heterocycles. The van der Waals surface area contributed by atoms with Gasteiger partial charge in [0.05, 0.1) is 12.7 Å². The SMILES string of the molecule is C[C@@H]1C[C@H]2[C@@H]3CCC4=CC(=O)C=C[C@]4(C)[C@@]3(F)[C@@H](O)C[C@]2(C)[C@@]1(O)C(=O)COP(=O)(O)OP(=O)(O)OP(=O)(O)OCCN. The molecule has 43 heavy (non-hydrogen) atoms. The first-order valence-electron chi connectivity index (χ1n) is 13.6. The zero-order valence-electron chi connectivity index (χ0n) is 23.7. The summed E-state index contributed by atoms with van der Waals surface area (Å²) in [7, 11) is -16.7. The third-order valence-electron chi connectivity index (χ3n) is 9.79. The molecule has 3 unspecified atom stereocenters. The lowest BCUT2D eigenvalue weighted by atomic mass is 9.44. The second-order valence-corrected chi connectivity index (χ2v) is 16.7. The van der Waals surface area contributed by atoms with Gasteiger partial charge in [0.1, 0.15) is 12.2 Å². The molecule has 0 spiro atoms.